The summed E-state index contributed by atoms with van der Waals surface area (Å²) in [6, 6.07) is 21.8. The van der Waals surface area contributed by atoms with E-state index in [1.54, 1.807) is 0 Å². The van der Waals surface area contributed by atoms with E-state index in [1.165, 1.54) is 42.4 Å². The standard InChI is InChI=1S/C38H52O2/c1-5-29-34-24-28(39)20-22-38(34,4)33-21-23-37(3)31(18-19-32(37)35(33)36(29)40)25(2)16-17-30(26-12-8-6-9-13-26)27-14-10-7-11-15-27/h6-15,17,25,28-29,31-36,39-40H,5,16,18-24H2,1-4H3/t25-,28-,29-,31-,32?,33?,34?,35?,36-,37-,38?/m1/s1. The van der Waals surface area contributed by atoms with E-state index < -0.39 is 0 Å². The van der Waals surface area contributed by atoms with E-state index in [-0.39, 0.29) is 17.6 Å². The summed E-state index contributed by atoms with van der Waals surface area (Å²) in [6.07, 6.45) is 12.4. The van der Waals surface area contributed by atoms with Crippen LogP contribution >= 0.6 is 0 Å². The van der Waals surface area contributed by atoms with Crippen molar-refractivity contribution in [3.05, 3.63) is 77.9 Å². The number of hydrogen-bond donors (Lipinski definition) is 2. The van der Waals surface area contributed by atoms with Crippen molar-refractivity contribution >= 4 is 5.57 Å². The van der Waals surface area contributed by atoms with Gasteiger partial charge in [-0.05, 0) is 120 Å². The van der Waals surface area contributed by atoms with Crippen LogP contribution in [0.3, 0.4) is 0 Å². The summed E-state index contributed by atoms with van der Waals surface area (Å²) in [5, 5.41) is 22.6. The Balaban J connectivity index is 1.26. The predicted octanol–water partition coefficient (Wildman–Crippen LogP) is 8.77. The summed E-state index contributed by atoms with van der Waals surface area (Å²) in [4.78, 5) is 0. The minimum absolute atomic E-state index is 0.175. The number of hydrogen-bond acceptors (Lipinski definition) is 2. The van der Waals surface area contributed by atoms with Gasteiger partial charge in [-0.3, -0.25) is 0 Å². The molecule has 4 fully saturated rings. The summed E-state index contributed by atoms with van der Waals surface area (Å²) < 4.78 is 0. The van der Waals surface area contributed by atoms with Crippen molar-refractivity contribution in [1.82, 2.24) is 0 Å². The first kappa shape index (κ1) is 28.2. The number of aliphatic hydroxyl groups is 2. The van der Waals surface area contributed by atoms with Gasteiger partial charge in [-0.15, -0.1) is 0 Å². The van der Waals surface area contributed by atoms with Crippen LogP contribution in [0.2, 0.25) is 0 Å². The van der Waals surface area contributed by atoms with Gasteiger partial charge < -0.3 is 10.2 Å². The molecular formula is C38H52O2. The van der Waals surface area contributed by atoms with E-state index in [4.69, 9.17) is 0 Å². The van der Waals surface area contributed by atoms with Crippen LogP contribution in [-0.2, 0) is 0 Å². The summed E-state index contributed by atoms with van der Waals surface area (Å²) in [7, 11) is 0. The first-order chi connectivity index (χ1) is 19.3. The molecule has 2 N–H and O–H groups in total. The molecule has 0 aromatic heterocycles. The maximum Gasteiger partial charge on any atom is 0.0605 e. The van der Waals surface area contributed by atoms with Gasteiger partial charge in [-0.1, -0.05) is 101 Å². The fourth-order valence-electron chi connectivity index (χ4n) is 11.0. The Morgan fingerprint density at radius 2 is 1.43 bits per heavy atom. The lowest BCUT2D eigenvalue weighted by atomic mass is 9.41. The van der Waals surface area contributed by atoms with Crippen LogP contribution in [0.15, 0.2) is 66.7 Å². The van der Waals surface area contributed by atoms with Gasteiger partial charge in [0.05, 0.1) is 12.2 Å². The largest absolute Gasteiger partial charge is 0.393 e. The number of allylic oxidation sites excluding steroid dienone is 1. The highest BCUT2D eigenvalue weighted by molar-refractivity contribution is 5.79. The Kier molecular flexibility index (Phi) is 7.81. The second-order valence-electron chi connectivity index (χ2n) is 14.7. The Morgan fingerprint density at radius 1 is 0.825 bits per heavy atom. The molecule has 11 atom stereocenters. The van der Waals surface area contributed by atoms with Crippen LogP contribution in [-0.4, -0.2) is 22.4 Å². The lowest BCUT2D eigenvalue weighted by molar-refractivity contribution is -0.203. The van der Waals surface area contributed by atoms with Crippen molar-refractivity contribution < 1.29 is 10.2 Å². The smallest absolute Gasteiger partial charge is 0.0605 e. The Labute approximate surface area is 243 Å². The van der Waals surface area contributed by atoms with Gasteiger partial charge in [0.15, 0.2) is 0 Å². The molecule has 4 aliphatic rings. The molecule has 2 heteroatoms. The molecule has 0 bridgehead atoms. The Bertz CT molecular complexity index is 1130. The predicted molar refractivity (Wildman–Crippen MR) is 166 cm³/mol. The van der Waals surface area contributed by atoms with Crippen molar-refractivity contribution in [2.24, 2.45) is 52.3 Å². The highest BCUT2D eigenvalue weighted by Gasteiger charge is 2.64. The number of rotatable bonds is 6. The molecule has 0 amide bonds. The van der Waals surface area contributed by atoms with Crippen LogP contribution in [0.5, 0.6) is 0 Å². The average molecular weight is 541 g/mol. The van der Waals surface area contributed by atoms with Gasteiger partial charge in [-0.25, -0.2) is 0 Å². The van der Waals surface area contributed by atoms with Gasteiger partial charge in [0.1, 0.15) is 0 Å². The first-order valence-corrected chi connectivity index (χ1v) is 16.4. The van der Waals surface area contributed by atoms with E-state index in [9.17, 15) is 10.2 Å². The van der Waals surface area contributed by atoms with Crippen LogP contribution in [0.25, 0.3) is 5.57 Å². The zero-order valence-electron chi connectivity index (χ0n) is 25.3. The molecular weight excluding hydrogens is 488 g/mol. The van der Waals surface area contributed by atoms with Crippen molar-refractivity contribution in [2.45, 2.75) is 97.7 Å². The fourth-order valence-corrected chi connectivity index (χ4v) is 11.0. The monoisotopic (exact) mass is 540 g/mol. The van der Waals surface area contributed by atoms with Crippen LogP contribution in [0.4, 0.5) is 0 Å². The number of fused-ring (bicyclic) bond motifs is 5. The van der Waals surface area contributed by atoms with E-state index in [0.29, 0.717) is 46.8 Å². The maximum atomic E-state index is 12.0. The molecule has 2 aromatic rings. The summed E-state index contributed by atoms with van der Waals surface area (Å²) >= 11 is 0. The first-order valence-electron chi connectivity index (χ1n) is 16.4. The third-order valence-corrected chi connectivity index (χ3v) is 13.0. The second-order valence-corrected chi connectivity index (χ2v) is 14.7. The minimum atomic E-state index is -0.209. The zero-order chi connectivity index (χ0) is 28.1. The number of benzene rings is 2. The van der Waals surface area contributed by atoms with Crippen molar-refractivity contribution in [2.75, 3.05) is 0 Å². The molecule has 0 spiro atoms. The topological polar surface area (TPSA) is 40.5 Å². The van der Waals surface area contributed by atoms with Crippen molar-refractivity contribution in [3.63, 3.8) is 0 Å². The van der Waals surface area contributed by atoms with Gasteiger partial charge >= 0.3 is 0 Å². The molecule has 4 aliphatic carbocycles. The molecule has 2 nitrogen and oxygen atoms in total. The summed E-state index contributed by atoms with van der Waals surface area (Å²) in [6.45, 7) is 9.93. The van der Waals surface area contributed by atoms with E-state index in [0.717, 1.165) is 32.1 Å². The van der Waals surface area contributed by atoms with E-state index >= 15 is 0 Å². The quantitative estimate of drug-likeness (QED) is 0.384. The second kappa shape index (κ2) is 11.1. The summed E-state index contributed by atoms with van der Waals surface area (Å²) in [5.74, 6) is 3.78. The van der Waals surface area contributed by atoms with Gasteiger partial charge in [-0.2, -0.15) is 0 Å². The highest BCUT2D eigenvalue weighted by atomic mass is 16.3. The molecule has 0 aliphatic heterocycles. The third-order valence-electron chi connectivity index (χ3n) is 13.0. The van der Waals surface area contributed by atoms with Crippen molar-refractivity contribution in [1.29, 1.82) is 0 Å². The normalized spacial score (nSPS) is 41.4. The Hall–Kier alpha value is -1.90. The molecule has 5 unspecified atom stereocenters. The maximum absolute atomic E-state index is 12.0. The minimum Gasteiger partial charge on any atom is -0.393 e. The van der Waals surface area contributed by atoms with E-state index in [1.807, 2.05) is 0 Å². The SMILES string of the molecule is CC[C@@H]1C2C[C@H](O)CCC2(C)C2CC[C@@]3(C)C(CC[C@@H]3[C@H](C)CC=C(c3ccccc3)c3ccccc3)C2[C@@H]1O. The molecule has 6 rings (SSSR count). The molecule has 216 valence electrons. The zero-order valence-corrected chi connectivity index (χ0v) is 25.3. The van der Waals surface area contributed by atoms with Gasteiger partial charge in [0, 0.05) is 0 Å². The molecule has 2 aromatic carbocycles. The summed E-state index contributed by atoms with van der Waals surface area (Å²) in [5.41, 5.74) is 4.53. The van der Waals surface area contributed by atoms with Crippen LogP contribution in [0.1, 0.15) is 96.6 Å². The molecule has 0 radical (unpaired) electrons. The Morgan fingerprint density at radius 3 is 2.05 bits per heavy atom. The lowest BCUT2D eigenvalue weighted by Gasteiger charge is -2.64. The van der Waals surface area contributed by atoms with Crippen LogP contribution in [0, 0.1) is 52.3 Å². The number of aliphatic hydroxyl groups excluding tert-OH is 2. The van der Waals surface area contributed by atoms with E-state index in [2.05, 4.69) is 94.4 Å². The van der Waals surface area contributed by atoms with Gasteiger partial charge in [0.25, 0.3) is 0 Å². The fraction of sp³-hybridized carbons (Fsp3) is 0.632. The van der Waals surface area contributed by atoms with Crippen molar-refractivity contribution in [3.8, 4) is 0 Å². The molecule has 0 saturated heterocycles. The highest BCUT2D eigenvalue weighted by Crippen LogP contribution is 2.69. The molecule has 40 heavy (non-hydrogen) atoms. The molecule has 4 saturated carbocycles. The molecule has 0 heterocycles. The van der Waals surface area contributed by atoms with Gasteiger partial charge in [0.2, 0.25) is 0 Å². The average Bonchev–Trinajstić information content (AvgIpc) is 3.32. The lowest BCUT2D eigenvalue weighted by Crippen LogP contribution is -2.62. The van der Waals surface area contributed by atoms with Crippen LogP contribution < -0.4 is 0 Å². The third kappa shape index (κ3) is 4.62.